The van der Waals surface area contributed by atoms with Crippen LogP contribution in [0.4, 0.5) is 0 Å². The van der Waals surface area contributed by atoms with Gasteiger partial charge in [-0.2, -0.15) is 5.10 Å². The van der Waals surface area contributed by atoms with Gasteiger partial charge in [-0.15, -0.1) is 0 Å². The Labute approximate surface area is 79.2 Å². The minimum Gasteiger partial charge on any atom is -0.307 e. The second-order valence-electron chi connectivity index (χ2n) is 3.75. The van der Waals surface area contributed by atoms with Crippen molar-refractivity contribution in [1.82, 2.24) is 10.9 Å². The van der Waals surface area contributed by atoms with Gasteiger partial charge in [0.25, 0.3) is 0 Å². The average molecular weight is 182 g/mol. The van der Waals surface area contributed by atoms with Crippen molar-refractivity contribution in [2.45, 2.75) is 33.2 Å². The van der Waals surface area contributed by atoms with Crippen LogP contribution in [-0.2, 0) is 0 Å². The molecule has 1 atom stereocenters. The number of nitrogens with zero attached hydrogens (tertiary/aromatic N) is 1. The first kappa shape index (κ1) is 10.1. The Bertz CT molecular complexity index is 230. The number of amidine groups is 1. The fourth-order valence-electron chi connectivity index (χ4n) is 1.32. The zero-order chi connectivity index (χ0) is 9.84. The van der Waals surface area contributed by atoms with Crippen molar-refractivity contribution in [1.29, 1.82) is 0 Å². The molecular weight excluding hydrogens is 164 g/mol. The molecule has 13 heavy (non-hydrogen) atoms. The quantitative estimate of drug-likeness (QED) is 0.414. The Morgan fingerprint density at radius 3 is 2.92 bits per heavy atom. The highest BCUT2D eigenvalue weighted by atomic mass is 15.4. The molecule has 0 aromatic carbocycles. The first-order valence-corrected chi connectivity index (χ1v) is 4.63. The van der Waals surface area contributed by atoms with Gasteiger partial charge in [-0.25, -0.2) is 5.84 Å². The van der Waals surface area contributed by atoms with Crippen LogP contribution in [-0.4, -0.2) is 11.9 Å². The molecule has 4 nitrogen and oxygen atoms in total. The number of nitrogens with two attached hydrogens (primary N) is 1. The van der Waals surface area contributed by atoms with E-state index in [0.717, 1.165) is 6.42 Å². The predicted molar refractivity (Wildman–Crippen MR) is 54.9 cm³/mol. The molecule has 1 aliphatic rings. The normalized spacial score (nSPS) is 23.0. The molecule has 0 unspecified atom stereocenters. The number of rotatable bonds is 1. The van der Waals surface area contributed by atoms with Gasteiger partial charge in [-0.1, -0.05) is 19.4 Å². The van der Waals surface area contributed by atoms with Crippen LogP contribution in [0, 0.1) is 5.92 Å². The van der Waals surface area contributed by atoms with E-state index in [1.165, 1.54) is 5.57 Å². The van der Waals surface area contributed by atoms with E-state index < -0.39 is 0 Å². The molecule has 0 fully saturated rings. The lowest BCUT2D eigenvalue weighted by Crippen LogP contribution is -2.31. The number of nitrogens with one attached hydrogen (secondary N) is 2. The molecule has 4 heteroatoms. The van der Waals surface area contributed by atoms with Gasteiger partial charge in [0.1, 0.15) is 0 Å². The summed E-state index contributed by atoms with van der Waals surface area (Å²) in [6, 6.07) is 0.375. The molecule has 0 aliphatic carbocycles. The van der Waals surface area contributed by atoms with Crippen LogP contribution in [0.3, 0.4) is 0 Å². The Kier molecular flexibility index (Phi) is 3.31. The summed E-state index contributed by atoms with van der Waals surface area (Å²) >= 11 is 0. The summed E-state index contributed by atoms with van der Waals surface area (Å²) < 4.78 is 0. The van der Waals surface area contributed by atoms with Gasteiger partial charge in [-0.05, 0) is 25.3 Å². The molecular formula is C9H18N4. The maximum atomic E-state index is 5.32. The van der Waals surface area contributed by atoms with Crippen LogP contribution in [0.2, 0.25) is 0 Å². The number of hydrogen-bond donors (Lipinski definition) is 3. The zero-order valence-electron chi connectivity index (χ0n) is 8.46. The molecule has 0 saturated carbocycles. The van der Waals surface area contributed by atoms with Crippen LogP contribution in [0.5, 0.6) is 0 Å². The van der Waals surface area contributed by atoms with Crippen LogP contribution >= 0.6 is 0 Å². The van der Waals surface area contributed by atoms with Crippen LogP contribution in [0.25, 0.3) is 0 Å². The molecule has 74 valence electrons. The summed E-state index contributed by atoms with van der Waals surface area (Å²) in [5.41, 5.74) is 6.95. The van der Waals surface area contributed by atoms with Crippen molar-refractivity contribution >= 4 is 5.84 Å². The molecule has 0 aromatic heterocycles. The van der Waals surface area contributed by atoms with Gasteiger partial charge < -0.3 is 10.9 Å². The third-order valence-electron chi connectivity index (χ3n) is 2.16. The van der Waals surface area contributed by atoms with E-state index in [2.05, 4.69) is 36.7 Å². The third-order valence-corrected chi connectivity index (χ3v) is 2.16. The zero-order valence-corrected chi connectivity index (χ0v) is 8.46. The second-order valence-corrected chi connectivity index (χ2v) is 3.75. The average Bonchev–Trinajstić information content (AvgIpc) is 2.27. The largest absolute Gasteiger partial charge is 0.307 e. The number of hydrazone groups is 1. The molecule has 1 heterocycles. The Hall–Kier alpha value is -1.03. The van der Waals surface area contributed by atoms with Crippen molar-refractivity contribution in [2.75, 3.05) is 0 Å². The van der Waals surface area contributed by atoms with Crippen LogP contribution in [0.1, 0.15) is 27.2 Å². The van der Waals surface area contributed by atoms with Gasteiger partial charge in [0.05, 0.1) is 0 Å². The topological polar surface area (TPSA) is 62.4 Å². The summed E-state index contributed by atoms with van der Waals surface area (Å²) in [7, 11) is 0. The SMILES string of the molecule is CC(C)C1=CC(NN)=NN[C@@H](C)C1. The van der Waals surface area contributed by atoms with E-state index in [1.54, 1.807) is 0 Å². The maximum Gasteiger partial charge on any atom is 0.159 e. The Balaban J connectivity index is 2.81. The van der Waals surface area contributed by atoms with Crippen molar-refractivity contribution in [3.05, 3.63) is 11.6 Å². The molecule has 1 aliphatic heterocycles. The lowest BCUT2D eigenvalue weighted by Gasteiger charge is -2.13. The minimum atomic E-state index is 0.375. The second kappa shape index (κ2) is 4.28. The van der Waals surface area contributed by atoms with Crippen molar-refractivity contribution < 1.29 is 0 Å². The Morgan fingerprint density at radius 2 is 2.38 bits per heavy atom. The summed E-state index contributed by atoms with van der Waals surface area (Å²) in [6.45, 7) is 6.47. The van der Waals surface area contributed by atoms with Gasteiger partial charge in [-0.3, -0.25) is 0 Å². The first-order valence-electron chi connectivity index (χ1n) is 4.63. The molecule has 0 spiro atoms. The molecule has 0 bridgehead atoms. The van der Waals surface area contributed by atoms with E-state index in [0.29, 0.717) is 17.8 Å². The molecule has 0 radical (unpaired) electrons. The van der Waals surface area contributed by atoms with Gasteiger partial charge in [0.2, 0.25) is 0 Å². The number of hydrazine groups is 1. The van der Waals surface area contributed by atoms with Gasteiger partial charge in [0, 0.05) is 6.04 Å². The van der Waals surface area contributed by atoms with E-state index >= 15 is 0 Å². The standard InChI is InChI=1S/C9H18N4/c1-6(2)8-4-7(3)12-13-9(5-8)11-10/h5-7,12H,4,10H2,1-3H3,(H,11,13)/t7-/m0/s1. The monoisotopic (exact) mass is 182 g/mol. The summed E-state index contributed by atoms with van der Waals surface area (Å²) in [4.78, 5) is 0. The first-order chi connectivity index (χ1) is 6.13. The molecule has 0 saturated heterocycles. The smallest absolute Gasteiger partial charge is 0.159 e. The third kappa shape index (κ3) is 2.73. The van der Waals surface area contributed by atoms with Crippen molar-refractivity contribution in [2.24, 2.45) is 16.9 Å². The van der Waals surface area contributed by atoms with Crippen LogP contribution in [0.15, 0.2) is 16.8 Å². The number of hydrogen-bond acceptors (Lipinski definition) is 4. The highest BCUT2D eigenvalue weighted by Crippen LogP contribution is 2.17. The molecule has 1 rings (SSSR count). The van der Waals surface area contributed by atoms with E-state index in [9.17, 15) is 0 Å². The maximum absolute atomic E-state index is 5.32. The van der Waals surface area contributed by atoms with E-state index in [4.69, 9.17) is 5.84 Å². The highest BCUT2D eigenvalue weighted by Gasteiger charge is 2.12. The highest BCUT2D eigenvalue weighted by molar-refractivity contribution is 5.93. The van der Waals surface area contributed by atoms with Crippen LogP contribution < -0.4 is 16.7 Å². The van der Waals surface area contributed by atoms with Gasteiger partial charge in [0.15, 0.2) is 5.84 Å². The van der Waals surface area contributed by atoms with Crippen molar-refractivity contribution in [3.63, 3.8) is 0 Å². The minimum absolute atomic E-state index is 0.375. The summed E-state index contributed by atoms with van der Waals surface area (Å²) in [5.74, 6) is 6.56. The molecule has 0 amide bonds. The lowest BCUT2D eigenvalue weighted by atomic mass is 9.96. The van der Waals surface area contributed by atoms with Crippen molar-refractivity contribution in [3.8, 4) is 0 Å². The summed E-state index contributed by atoms with van der Waals surface area (Å²) in [5, 5.41) is 4.11. The van der Waals surface area contributed by atoms with E-state index in [-0.39, 0.29) is 0 Å². The molecule has 4 N–H and O–H groups in total. The van der Waals surface area contributed by atoms with E-state index in [1.807, 2.05) is 6.08 Å². The fraction of sp³-hybridized carbons (Fsp3) is 0.667. The Morgan fingerprint density at radius 1 is 1.69 bits per heavy atom. The summed E-state index contributed by atoms with van der Waals surface area (Å²) in [6.07, 6.45) is 3.04. The van der Waals surface area contributed by atoms with Gasteiger partial charge >= 0.3 is 0 Å². The fourth-order valence-corrected chi connectivity index (χ4v) is 1.32. The lowest BCUT2D eigenvalue weighted by molar-refractivity contribution is 0.547. The molecule has 0 aromatic rings. The predicted octanol–water partition coefficient (Wildman–Crippen LogP) is 0.727.